The normalized spacial score (nSPS) is 10.2. The molecule has 0 radical (unpaired) electrons. The Morgan fingerprint density at radius 2 is 2.06 bits per heavy atom. The summed E-state index contributed by atoms with van der Waals surface area (Å²) in [7, 11) is 0. The van der Waals surface area contributed by atoms with E-state index in [0.717, 1.165) is 11.5 Å². The molecule has 0 spiro atoms. The Labute approximate surface area is 110 Å². The molecule has 0 saturated heterocycles. The van der Waals surface area contributed by atoms with Crippen LogP contribution in [0.3, 0.4) is 0 Å². The highest BCUT2D eigenvalue weighted by Gasteiger charge is 2.22. The van der Waals surface area contributed by atoms with Crippen LogP contribution < -0.4 is 0 Å². The standard InChI is InChI=1S/C11H17N3O3S/c1-4-8-10(18-13-12-8)11(16)14(5-2)7-9(15)17-6-3/h4-7H2,1-3H3. The molecule has 0 N–H and O–H groups in total. The molecule has 0 aliphatic rings. The van der Waals surface area contributed by atoms with Gasteiger partial charge >= 0.3 is 5.97 Å². The third kappa shape index (κ3) is 3.49. The SMILES string of the molecule is CCOC(=O)CN(CC)C(=O)c1snnc1CC. The Morgan fingerprint density at radius 1 is 1.33 bits per heavy atom. The van der Waals surface area contributed by atoms with Crippen LogP contribution in [0.2, 0.25) is 0 Å². The third-order valence-electron chi connectivity index (χ3n) is 2.38. The van der Waals surface area contributed by atoms with E-state index < -0.39 is 5.97 Å². The number of amides is 1. The predicted molar refractivity (Wildman–Crippen MR) is 67.5 cm³/mol. The van der Waals surface area contributed by atoms with Crippen molar-refractivity contribution < 1.29 is 14.3 Å². The van der Waals surface area contributed by atoms with Crippen LogP contribution in [-0.4, -0.2) is 46.1 Å². The molecule has 1 aromatic heterocycles. The quantitative estimate of drug-likeness (QED) is 0.725. The lowest BCUT2D eigenvalue weighted by Gasteiger charge is -2.18. The number of hydrogen-bond acceptors (Lipinski definition) is 6. The average Bonchev–Trinajstić information content (AvgIpc) is 2.83. The molecule has 1 aromatic rings. The molecular weight excluding hydrogens is 254 g/mol. The molecule has 0 saturated carbocycles. The highest BCUT2D eigenvalue weighted by molar-refractivity contribution is 7.08. The van der Waals surface area contributed by atoms with E-state index in [4.69, 9.17) is 4.74 Å². The molecule has 0 aliphatic carbocycles. The second-order valence-corrected chi connectivity index (χ2v) is 4.28. The van der Waals surface area contributed by atoms with E-state index in [1.165, 1.54) is 4.90 Å². The zero-order valence-corrected chi connectivity index (χ0v) is 11.6. The molecule has 7 heteroatoms. The lowest BCUT2D eigenvalue weighted by Crippen LogP contribution is -2.36. The number of carbonyl (C=O) groups excluding carboxylic acids is 2. The topological polar surface area (TPSA) is 72.4 Å². The molecule has 18 heavy (non-hydrogen) atoms. The first kappa shape index (κ1) is 14.6. The summed E-state index contributed by atoms with van der Waals surface area (Å²) >= 11 is 1.06. The maximum atomic E-state index is 12.2. The molecule has 1 rings (SSSR count). The van der Waals surface area contributed by atoms with E-state index >= 15 is 0 Å². The highest BCUT2D eigenvalue weighted by Crippen LogP contribution is 2.14. The van der Waals surface area contributed by atoms with Gasteiger partial charge in [0.05, 0.1) is 12.3 Å². The minimum Gasteiger partial charge on any atom is -0.465 e. The van der Waals surface area contributed by atoms with Crippen molar-refractivity contribution in [2.24, 2.45) is 0 Å². The monoisotopic (exact) mass is 271 g/mol. The molecular formula is C11H17N3O3S. The summed E-state index contributed by atoms with van der Waals surface area (Å²) in [5.41, 5.74) is 0.673. The highest BCUT2D eigenvalue weighted by atomic mass is 32.1. The largest absolute Gasteiger partial charge is 0.465 e. The smallest absolute Gasteiger partial charge is 0.325 e. The first-order valence-electron chi connectivity index (χ1n) is 5.90. The van der Waals surface area contributed by atoms with Gasteiger partial charge in [-0.1, -0.05) is 11.4 Å². The van der Waals surface area contributed by atoms with Crippen LogP contribution in [0.1, 0.15) is 36.1 Å². The Balaban J connectivity index is 2.76. The van der Waals surface area contributed by atoms with Gasteiger partial charge in [0, 0.05) is 6.54 Å². The number of nitrogens with zero attached hydrogens (tertiary/aromatic N) is 3. The number of ether oxygens (including phenoxy) is 1. The van der Waals surface area contributed by atoms with E-state index in [0.29, 0.717) is 30.1 Å². The van der Waals surface area contributed by atoms with Gasteiger partial charge in [-0.3, -0.25) is 9.59 Å². The van der Waals surface area contributed by atoms with Gasteiger partial charge in [-0.25, -0.2) is 0 Å². The Morgan fingerprint density at radius 3 is 2.61 bits per heavy atom. The third-order valence-corrected chi connectivity index (χ3v) is 3.14. The maximum Gasteiger partial charge on any atom is 0.325 e. The lowest BCUT2D eigenvalue weighted by atomic mass is 10.2. The minimum absolute atomic E-state index is 0.0375. The molecule has 0 fully saturated rings. The molecule has 100 valence electrons. The summed E-state index contributed by atoms with van der Waals surface area (Å²) in [6, 6.07) is 0. The molecule has 1 heterocycles. The first-order valence-corrected chi connectivity index (χ1v) is 6.67. The molecule has 6 nitrogen and oxygen atoms in total. The van der Waals surface area contributed by atoms with Gasteiger partial charge in [-0.05, 0) is 31.8 Å². The van der Waals surface area contributed by atoms with Gasteiger partial charge in [0.25, 0.3) is 5.91 Å². The minimum atomic E-state index is -0.400. The van der Waals surface area contributed by atoms with Crippen molar-refractivity contribution in [3.8, 4) is 0 Å². The molecule has 0 aromatic carbocycles. The summed E-state index contributed by atoms with van der Waals surface area (Å²) in [5, 5.41) is 3.89. The summed E-state index contributed by atoms with van der Waals surface area (Å²) in [6.45, 7) is 6.18. The zero-order valence-electron chi connectivity index (χ0n) is 10.8. The van der Waals surface area contributed by atoms with E-state index in [2.05, 4.69) is 9.59 Å². The van der Waals surface area contributed by atoms with Crippen molar-refractivity contribution in [3.05, 3.63) is 10.6 Å². The molecule has 0 atom stereocenters. The van der Waals surface area contributed by atoms with Crippen LogP contribution in [-0.2, 0) is 16.0 Å². The van der Waals surface area contributed by atoms with E-state index in [9.17, 15) is 9.59 Å². The lowest BCUT2D eigenvalue weighted by molar-refractivity contribution is -0.143. The molecule has 0 bridgehead atoms. The van der Waals surface area contributed by atoms with E-state index in [1.54, 1.807) is 6.92 Å². The molecule has 1 amide bonds. The summed E-state index contributed by atoms with van der Waals surface area (Å²) < 4.78 is 8.61. The number of hydrogen-bond donors (Lipinski definition) is 0. The zero-order chi connectivity index (χ0) is 13.5. The number of aryl methyl sites for hydroxylation is 1. The van der Waals surface area contributed by atoms with Gasteiger partial charge in [0.2, 0.25) is 0 Å². The fourth-order valence-corrected chi connectivity index (χ4v) is 2.15. The van der Waals surface area contributed by atoms with E-state index in [1.807, 2.05) is 13.8 Å². The van der Waals surface area contributed by atoms with Crippen LogP contribution in [0.4, 0.5) is 0 Å². The Bertz CT molecular complexity index is 419. The van der Waals surface area contributed by atoms with Crippen molar-refractivity contribution in [3.63, 3.8) is 0 Å². The van der Waals surface area contributed by atoms with Crippen LogP contribution in [0, 0.1) is 0 Å². The van der Waals surface area contributed by atoms with Gasteiger partial charge in [-0.15, -0.1) is 5.10 Å². The fraction of sp³-hybridized carbons (Fsp3) is 0.636. The van der Waals surface area contributed by atoms with Gasteiger partial charge in [0.15, 0.2) is 0 Å². The van der Waals surface area contributed by atoms with Gasteiger partial charge < -0.3 is 9.64 Å². The molecule has 0 aliphatic heterocycles. The maximum absolute atomic E-state index is 12.2. The van der Waals surface area contributed by atoms with Crippen molar-refractivity contribution in [2.75, 3.05) is 19.7 Å². The predicted octanol–water partition coefficient (Wildman–Crippen LogP) is 1.13. The number of esters is 1. The van der Waals surface area contributed by atoms with Crippen LogP contribution in [0.15, 0.2) is 0 Å². The van der Waals surface area contributed by atoms with Crippen LogP contribution >= 0.6 is 11.5 Å². The Kier molecular flexibility index (Phi) is 5.70. The number of likely N-dealkylation sites (N-methyl/N-ethyl adjacent to an activating group) is 1. The van der Waals surface area contributed by atoms with Crippen molar-refractivity contribution in [2.45, 2.75) is 27.2 Å². The average molecular weight is 271 g/mol. The van der Waals surface area contributed by atoms with Gasteiger partial charge in [-0.2, -0.15) is 0 Å². The van der Waals surface area contributed by atoms with Crippen molar-refractivity contribution >= 4 is 23.4 Å². The van der Waals surface area contributed by atoms with Crippen molar-refractivity contribution in [1.82, 2.24) is 14.5 Å². The number of aromatic nitrogens is 2. The summed E-state index contributed by atoms with van der Waals surface area (Å²) in [5.74, 6) is -0.611. The number of carbonyl (C=O) groups is 2. The number of rotatable bonds is 6. The summed E-state index contributed by atoms with van der Waals surface area (Å²) in [4.78, 5) is 25.5. The van der Waals surface area contributed by atoms with Crippen molar-refractivity contribution in [1.29, 1.82) is 0 Å². The van der Waals surface area contributed by atoms with Gasteiger partial charge in [0.1, 0.15) is 11.4 Å². The second kappa shape index (κ2) is 7.05. The fourth-order valence-electron chi connectivity index (χ4n) is 1.44. The first-order chi connectivity index (χ1) is 8.63. The van der Waals surface area contributed by atoms with Crippen LogP contribution in [0.5, 0.6) is 0 Å². The van der Waals surface area contributed by atoms with E-state index in [-0.39, 0.29) is 12.5 Å². The van der Waals surface area contributed by atoms with Crippen LogP contribution in [0.25, 0.3) is 0 Å². The summed E-state index contributed by atoms with van der Waals surface area (Å²) in [6.07, 6.45) is 0.647. The molecule has 0 unspecified atom stereocenters. The second-order valence-electron chi connectivity index (χ2n) is 3.53. The Hall–Kier alpha value is -1.50.